The first-order valence-electron chi connectivity index (χ1n) is 10.9. The molecule has 0 aliphatic heterocycles. The predicted octanol–water partition coefficient (Wildman–Crippen LogP) is 8.72. The Morgan fingerprint density at radius 2 is 0.970 bits per heavy atom. The third-order valence-corrected chi connectivity index (χ3v) is 6.60. The van der Waals surface area contributed by atoms with Crippen molar-refractivity contribution in [3.8, 4) is 11.1 Å². The number of benzene rings is 7. The quantitative estimate of drug-likeness (QED) is 0.122. The maximum Gasteiger partial charge on any atom is 0 e. The molecule has 0 aliphatic carbocycles. The van der Waals surface area contributed by atoms with Gasteiger partial charge in [0.1, 0.15) is 0 Å². The summed E-state index contributed by atoms with van der Waals surface area (Å²) in [4.78, 5) is 0. The smallest absolute Gasteiger partial charge is 0 e. The van der Waals surface area contributed by atoms with Crippen molar-refractivity contribution in [2.24, 2.45) is 0 Å². The molecule has 1 radical (unpaired) electrons. The summed E-state index contributed by atoms with van der Waals surface area (Å²) in [7, 11) is 0. The van der Waals surface area contributed by atoms with Gasteiger partial charge in [-0.2, -0.15) is 24.3 Å². The number of fused-ring (bicyclic) bond motifs is 6. The molecule has 0 nitrogen and oxygen atoms in total. The van der Waals surface area contributed by atoms with Crippen molar-refractivity contribution >= 4 is 53.9 Å². The van der Waals surface area contributed by atoms with Crippen molar-refractivity contribution in [2.75, 3.05) is 0 Å². The summed E-state index contributed by atoms with van der Waals surface area (Å²) in [6.07, 6.45) is 0. The van der Waals surface area contributed by atoms with Crippen molar-refractivity contribution in [2.45, 2.75) is 0 Å². The molecule has 1 heteroatoms. The molecular weight excluding hydrogens is 473 g/mol. The van der Waals surface area contributed by atoms with E-state index in [4.69, 9.17) is 0 Å². The minimum absolute atomic E-state index is 0. The van der Waals surface area contributed by atoms with Crippen LogP contribution in [0.2, 0.25) is 0 Å². The van der Waals surface area contributed by atoms with E-state index in [9.17, 15) is 0 Å². The molecule has 33 heavy (non-hydrogen) atoms. The van der Waals surface area contributed by atoms with Gasteiger partial charge in [-0.15, -0.1) is 39.7 Å². The molecule has 0 unspecified atom stereocenters. The second kappa shape index (κ2) is 8.06. The van der Waals surface area contributed by atoms with E-state index in [0.717, 1.165) is 11.1 Å². The van der Waals surface area contributed by atoms with Crippen molar-refractivity contribution in [3.05, 3.63) is 121 Å². The first-order chi connectivity index (χ1) is 15.8. The summed E-state index contributed by atoms with van der Waals surface area (Å²) in [5.74, 6) is 0. The third-order valence-electron chi connectivity index (χ3n) is 6.60. The van der Waals surface area contributed by atoms with Gasteiger partial charge < -0.3 is 0 Å². The van der Waals surface area contributed by atoms with Gasteiger partial charge in [0, 0.05) is 32.7 Å². The van der Waals surface area contributed by atoms with Gasteiger partial charge in [-0.05, 0) is 44.5 Å². The molecule has 7 aromatic carbocycles. The molecule has 0 aliphatic rings. The van der Waals surface area contributed by atoms with Crippen LogP contribution in [0.3, 0.4) is 0 Å². The van der Waals surface area contributed by atoms with Crippen molar-refractivity contribution < 1.29 is 32.7 Å². The van der Waals surface area contributed by atoms with Crippen LogP contribution in [0.5, 0.6) is 0 Å². The standard InChI is InChI=1S/C32H18.Y/c1-2-9-23-18-26-20-32-24(19-25(26)17-22(23)8-1)10-5-12-30(32)29-14-6-13-28-27-11-4-3-7-21(27)15-16-31(28)29;/h1-11,13,15-20H;/q-2;. The molecule has 0 saturated heterocycles. The van der Waals surface area contributed by atoms with Crippen LogP contribution in [0.15, 0.2) is 109 Å². The third kappa shape index (κ3) is 3.29. The zero-order valence-corrected chi connectivity index (χ0v) is 20.8. The van der Waals surface area contributed by atoms with Crippen LogP contribution in [-0.4, -0.2) is 0 Å². The largest absolute Gasteiger partial charge is 0.218 e. The van der Waals surface area contributed by atoms with Crippen molar-refractivity contribution in [1.82, 2.24) is 0 Å². The van der Waals surface area contributed by atoms with Crippen LogP contribution in [0.25, 0.3) is 65.0 Å². The summed E-state index contributed by atoms with van der Waals surface area (Å²) in [5, 5.41) is 12.5. The SMILES string of the molecule is [Y].[c-]1ccc2cc3cc4ccccc4cc3cc2c1-c1[c-]ccc2c1ccc1ccccc12. The van der Waals surface area contributed by atoms with E-state index in [1.54, 1.807) is 0 Å². The average Bonchev–Trinajstić information content (AvgIpc) is 2.85. The summed E-state index contributed by atoms with van der Waals surface area (Å²) < 4.78 is 0. The van der Waals surface area contributed by atoms with Gasteiger partial charge in [0.05, 0.1) is 0 Å². The minimum Gasteiger partial charge on any atom is -0.218 e. The number of rotatable bonds is 1. The molecule has 0 amide bonds. The van der Waals surface area contributed by atoms with Crippen LogP contribution in [0.1, 0.15) is 0 Å². The fourth-order valence-corrected chi connectivity index (χ4v) is 5.05. The zero-order chi connectivity index (χ0) is 21.1. The van der Waals surface area contributed by atoms with E-state index < -0.39 is 0 Å². The fourth-order valence-electron chi connectivity index (χ4n) is 5.05. The average molecular weight is 491 g/mol. The molecule has 151 valence electrons. The van der Waals surface area contributed by atoms with E-state index >= 15 is 0 Å². The van der Waals surface area contributed by atoms with Crippen LogP contribution in [0.4, 0.5) is 0 Å². The Labute approximate surface area is 217 Å². The zero-order valence-electron chi connectivity index (χ0n) is 18.0. The van der Waals surface area contributed by atoms with E-state index in [1.807, 2.05) is 12.1 Å². The molecule has 0 spiro atoms. The first-order valence-corrected chi connectivity index (χ1v) is 10.9. The first kappa shape index (κ1) is 20.5. The van der Waals surface area contributed by atoms with E-state index in [-0.39, 0.29) is 32.7 Å². The Morgan fingerprint density at radius 3 is 1.76 bits per heavy atom. The van der Waals surface area contributed by atoms with Crippen LogP contribution in [0, 0.1) is 12.1 Å². The van der Waals surface area contributed by atoms with Crippen LogP contribution >= 0.6 is 0 Å². The second-order valence-electron chi connectivity index (χ2n) is 8.44. The molecule has 0 fully saturated rings. The number of hydrogen-bond donors (Lipinski definition) is 0. The molecular formula is C32H18Y-2. The topological polar surface area (TPSA) is 0 Å². The Morgan fingerprint density at radius 1 is 0.364 bits per heavy atom. The maximum atomic E-state index is 3.54. The summed E-state index contributed by atoms with van der Waals surface area (Å²) in [6.45, 7) is 0. The van der Waals surface area contributed by atoms with Gasteiger partial charge in [-0.25, -0.2) is 11.1 Å². The molecule has 0 N–H and O–H groups in total. The van der Waals surface area contributed by atoms with Gasteiger partial charge in [0.15, 0.2) is 0 Å². The van der Waals surface area contributed by atoms with Gasteiger partial charge >= 0.3 is 0 Å². The van der Waals surface area contributed by atoms with E-state index in [0.29, 0.717) is 0 Å². The normalized spacial score (nSPS) is 11.4. The van der Waals surface area contributed by atoms with E-state index in [1.165, 1.54) is 53.9 Å². The van der Waals surface area contributed by atoms with Crippen molar-refractivity contribution in [3.63, 3.8) is 0 Å². The van der Waals surface area contributed by atoms with Crippen LogP contribution < -0.4 is 0 Å². The predicted molar refractivity (Wildman–Crippen MR) is 137 cm³/mol. The van der Waals surface area contributed by atoms with Crippen LogP contribution in [-0.2, 0) is 32.7 Å². The Bertz CT molecular complexity index is 1830. The Hall–Kier alpha value is -3.06. The molecule has 0 heterocycles. The summed E-state index contributed by atoms with van der Waals surface area (Å²) in [5.41, 5.74) is 2.22. The minimum atomic E-state index is 0. The Balaban J connectivity index is 0.00000206. The molecule has 0 saturated carbocycles. The second-order valence-corrected chi connectivity index (χ2v) is 8.44. The molecule has 7 aromatic rings. The fraction of sp³-hybridized carbons (Fsp3) is 0. The number of hydrogen-bond acceptors (Lipinski definition) is 0. The van der Waals surface area contributed by atoms with Crippen molar-refractivity contribution in [1.29, 1.82) is 0 Å². The summed E-state index contributed by atoms with van der Waals surface area (Å²) >= 11 is 0. The van der Waals surface area contributed by atoms with Gasteiger partial charge in [0.2, 0.25) is 0 Å². The molecule has 0 aromatic heterocycles. The maximum absolute atomic E-state index is 3.54. The Kier molecular flexibility index (Phi) is 5.02. The molecule has 0 bridgehead atoms. The summed E-state index contributed by atoms with van der Waals surface area (Å²) in [6, 6.07) is 46.3. The van der Waals surface area contributed by atoms with Gasteiger partial charge in [-0.3, -0.25) is 0 Å². The van der Waals surface area contributed by atoms with Gasteiger partial charge in [0.25, 0.3) is 0 Å². The molecule has 7 rings (SSSR count). The van der Waals surface area contributed by atoms with E-state index in [2.05, 4.69) is 109 Å². The molecule has 0 atom stereocenters. The van der Waals surface area contributed by atoms with Gasteiger partial charge in [-0.1, -0.05) is 66.7 Å². The monoisotopic (exact) mass is 491 g/mol.